The maximum Gasteiger partial charge on any atom is 0.325 e. The minimum absolute atomic E-state index is 0.0212. The highest BCUT2D eigenvalue weighted by atomic mass is 16.4. The minimum atomic E-state index is -2.27. The van der Waals surface area contributed by atoms with Crippen molar-refractivity contribution in [3.63, 3.8) is 0 Å². The molecule has 7 nitrogen and oxygen atoms in total. The summed E-state index contributed by atoms with van der Waals surface area (Å²) in [6, 6.07) is 1.45. The quantitative estimate of drug-likeness (QED) is 0.551. The standard InChI is InChI=1S/C15H17NO6/c1-9-6-11(8-16-7-9)13(20)15(10(2)17,14(21)22)5-3-4-12(18)19/h6-8H,3-5H2,1-2H3,(H,18,19)(H,21,22). The molecule has 1 aromatic rings. The van der Waals surface area contributed by atoms with Crippen molar-refractivity contribution in [2.45, 2.75) is 33.1 Å². The Morgan fingerprint density at radius 2 is 1.82 bits per heavy atom. The molecule has 1 unspecified atom stereocenters. The van der Waals surface area contributed by atoms with Crippen LogP contribution in [-0.4, -0.2) is 38.7 Å². The van der Waals surface area contributed by atoms with Gasteiger partial charge in [0.05, 0.1) is 0 Å². The molecule has 0 bridgehead atoms. The molecule has 1 heterocycles. The lowest BCUT2D eigenvalue weighted by molar-refractivity contribution is -0.151. The molecular weight excluding hydrogens is 290 g/mol. The second kappa shape index (κ2) is 6.93. The van der Waals surface area contributed by atoms with Gasteiger partial charge in [-0.25, -0.2) is 0 Å². The molecule has 1 atom stereocenters. The van der Waals surface area contributed by atoms with E-state index in [1.807, 2.05) is 0 Å². The SMILES string of the molecule is CC(=O)C(CCCC(=O)O)(C(=O)O)C(=O)c1cncc(C)c1. The van der Waals surface area contributed by atoms with Crippen LogP contribution >= 0.6 is 0 Å². The molecule has 0 radical (unpaired) electrons. The van der Waals surface area contributed by atoms with Gasteiger partial charge in [0.15, 0.2) is 17.0 Å². The number of aromatic nitrogens is 1. The molecule has 1 rings (SSSR count). The zero-order chi connectivity index (χ0) is 16.9. The van der Waals surface area contributed by atoms with Gasteiger partial charge < -0.3 is 10.2 Å². The van der Waals surface area contributed by atoms with Crippen LogP contribution in [0.15, 0.2) is 18.5 Å². The van der Waals surface area contributed by atoms with E-state index in [1.54, 1.807) is 6.92 Å². The molecule has 22 heavy (non-hydrogen) atoms. The highest BCUT2D eigenvalue weighted by molar-refractivity contribution is 6.26. The summed E-state index contributed by atoms with van der Waals surface area (Å²) >= 11 is 0. The summed E-state index contributed by atoms with van der Waals surface area (Å²) in [4.78, 5) is 50.5. The molecule has 0 aliphatic heterocycles. The largest absolute Gasteiger partial charge is 0.481 e. The van der Waals surface area contributed by atoms with Gasteiger partial charge in [0.2, 0.25) is 0 Å². The smallest absolute Gasteiger partial charge is 0.325 e. The Bertz CT molecular complexity index is 608. The summed E-state index contributed by atoms with van der Waals surface area (Å²) in [6.45, 7) is 2.71. The van der Waals surface area contributed by atoms with Crippen LogP contribution in [0.1, 0.15) is 42.1 Å². The molecular formula is C15H17NO6. The fourth-order valence-corrected chi connectivity index (χ4v) is 2.23. The second-order valence-corrected chi connectivity index (χ2v) is 5.09. The second-order valence-electron chi connectivity index (χ2n) is 5.09. The number of Topliss-reactive ketones (excluding diaryl/α,β-unsaturated/α-hetero) is 2. The number of ketones is 2. The molecule has 0 fully saturated rings. The number of pyridine rings is 1. The van der Waals surface area contributed by atoms with Crippen molar-refractivity contribution >= 4 is 23.5 Å². The highest BCUT2D eigenvalue weighted by Gasteiger charge is 2.50. The number of hydrogen-bond acceptors (Lipinski definition) is 5. The number of carbonyl (C=O) groups excluding carboxylic acids is 2. The lowest BCUT2D eigenvalue weighted by atomic mass is 9.73. The van der Waals surface area contributed by atoms with Crippen molar-refractivity contribution in [3.05, 3.63) is 29.6 Å². The predicted octanol–water partition coefficient (Wildman–Crippen LogP) is 1.49. The minimum Gasteiger partial charge on any atom is -0.481 e. The van der Waals surface area contributed by atoms with Crippen molar-refractivity contribution in [1.82, 2.24) is 4.98 Å². The van der Waals surface area contributed by atoms with Crippen molar-refractivity contribution in [2.75, 3.05) is 0 Å². The third-order valence-corrected chi connectivity index (χ3v) is 3.43. The molecule has 0 amide bonds. The van der Waals surface area contributed by atoms with Crippen molar-refractivity contribution in [3.8, 4) is 0 Å². The highest BCUT2D eigenvalue weighted by Crippen LogP contribution is 2.31. The number of nitrogens with zero attached hydrogens (tertiary/aromatic N) is 1. The van der Waals surface area contributed by atoms with E-state index >= 15 is 0 Å². The zero-order valence-corrected chi connectivity index (χ0v) is 12.3. The van der Waals surface area contributed by atoms with E-state index < -0.39 is 28.9 Å². The fraction of sp³-hybridized carbons (Fsp3) is 0.400. The van der Waals surface area contributed by atoms with E-state index in [0.29, 0.717) is 5.56 Å². The van der Waals surface area contributed by atoms with Crippen molar-refractivity contribution in [2.24, 2.45) is 5.41 Å². The summed E-state index contributed by atoms with van der Waals surface area (Å²) in [5.74, 6) is -4.38. The van der Waals surface area contributed by atoms with E-state index in [9.17, 15) is 24.3 Å². The van der Waals surface area contributed by atoms with Gasteiger partial charge in [0.1, 0.15) is 0 Å². The Morgan fingerprint density at radius 1 is 1.18 bits per heavy atom. The number of carbonyl (C=O) groups is 4. The Kier molecular flexibility index (Phi) is 5.50. The van der Waals surface area contributed by atoms with E-state index in [4.69, 9.17) is 5.11 Å². The zero-order valence-electron chi connectivity index (χ0n) is 12.3. The summed E-state index contributed by atoms with van der Waals surface area (Å²) in [7, 11) is 0. The Hall–Kier alpha value is -2.57. The van der Waals surface area contributed by atoms with Gasteiger partial charge in [0.25, 0.3) is 0 Å². The average Bonchev–Trinajstić information content (AvgIpc) is 2.41. The van der Waals surface area contributed by atoms with Gasteiger partial charge in [0, 0.05) is 24.4 Å². The Balaban J connectivity index is 3.24. The van der Waals surface area contributed by atoms with Gasteiger partial charge in [-0.2, -0.15) is 0 Å². The first-order chi connectivity index (χ1) is 10.2. The van der Waals surface area contributed by atoms with Crippen LogP contribution in [0.2, 0.25) is 0 Å². The summed E-state index contributed by atoms with van der Waals surface area (Å²) in [5.41, 5.74) is -1.60. The number of aliphatic carboxylic acids is 2. The third kappa shape index (κ3) is 3.55. The normalized spacial score (nSPS) is 13.2. The molecule has 0 aromatic carbocycles. The van der Waals surface area contributed by atoms with Crippen LogP contribution in [0.4, 0.5) is 0 Å². The van der Waals surface area contributed by atoms with Crippen LogP contribution in [0.25, 0.3) is 0 Å². The topological polar surface area (TPSA) is 122 Å². The van der Waals surface area contributed by atoms with Crippen LogP contribution in [0, 0.1) is 12.3 Å². The van der Waals surface area contributed by atoms with Gasteiger partial charge in [-0.15, -0.1) is 0 Å². The lowest BCUT2D eigenvalue weighted by Gasteiger charge is -2.25. The van der Waals surface area contributed by atoms with Gasteiger partial charge in [-0.3, -0.25) is 24.2 Å². The Morgan fingerprint density at radius 3 is 2.27 bits per heavy atom. The molecule has 0 saturated carbocycles. The first-order valence-electron chi connectivity index (χ1n) is 6.64. The van der Waals surface area contributed by atoms with Crippen LogP contribution in [-0.2, 0) is 14.4 Å². The number of carboxylic acid groups (broad SMARTS) is 2. The number of aryl methyl sites for hydroxylation is 1. The van der Waals surface area contributed by atoms with E-state index in [0.717, 1.165) is 6.92 Å². The average molecular weight is 307 g/mol. The number of hydrogen-bond donors (Lipinski definition) is 2. The maximum atomic E-state index is 12.6. The van der Waals surface area contributed by atoms with Crippen molar-refractivity contribution in [1.29, 1.82) is 0 Å². The van der Waals surface area contributed by atoms with E-state index in [2.05, 4.69) is 4.98 Å². The van der Waals surface area contributed by atoms with Gasteiger partial charge >= 0.3 is 11.9 Å². The van der Waals surface area contributed by atoms with Gasteiger partial charge in [-0.05, 0) is 38.3 Å². The molecule has 0 aliphatic rings. The van der Waals surface area contributed by atoms with E-state index in [1.165, 1.54) is 18.5 Å². The molecule has 0 aliphatic carbocycles. The van der Waals surface area contributed by atoms with Crippen LogP contribution in [0.5, 0.6) is 0 Å². The first kappa shape index (κ1) is 17.5. The first-order valence-corrected chi connectivity index (χ1v) is 6.64. The third-order valence-electron chi connectivity index (χ3n) is 3.43. The molecule has 7 heteroatoms. The van der Waals surface area contributed by atoms with Crippen LogP contribution in [0.3, 0.4) is 0 Å². The number of carboxylic acids is 2. The summed E-state index contributed by atoms with van der Waals surface area (Å²) in [6.07, 6.45) is 1.93. The summed E-state index contributed by atoms with van der Waals surface area (Å²) < 4.78 is 0. The van der Waals surface area contributed by atoms with Crippen LogP contribution < -0.4 is 0 Å². The maximum absolute atomic E-state index is 12.6. The summed E-state index contributed by atoms with van der Waals surface area (Å²) in [5, 5.41) is 18.1. The molecule has 1 aromatic heterocycles. The number of rotatable bonds is 8. The Labute approximate surface area is 127 Å². The predicted molar refractivity (Wildman–Crippen MR) is 75.5 cm³/mol. The van der Waals surface area contributed by atoms with Crippen molar-refractivity contribution < 1.29 is 29.4 Å². The molecule has 0 saturated heterocycles. The fourth-order valence-electron chi connectivity index (χ4n) is 2.23. The monoisotopic (exact) mass is 307 g/mol. The van der Waals surface area contributed by atoms with E-state index in [-0.39, 0.29) is 24.8 Å². The van der Waals surface area contributed by atoms with Gasteiger partial charge in [-0.1, -0.05) is 0 Å². The lowest BCUT2D eigenvalue weighted by Crippen LogP contribution is -2.45. The molecule has 118 valence electrons. The molecule has 0 spiro atoms. The molecule has 2 N–H and O–H groups in total.